The number of rotatable bonds is 6. The lowest BCUT2D eigenvalue weighted by molar-refractivity contribution is 0.0347. The van der Waals surface area contributed by atoms with Crippen molar-refractivity contribution in [3.63, 3.8) is 0 Å². The third kappa shape index (κ3) is 4.48. The van der Waals surface area contributed by atoms with Crippen LogP contribution in [0.25, 0.3) is 0 Å². The van der Waals surface area contributed by atoms with Gasteiger partial charge in [0.15, 0.2) is 0 Å². The zero-order valence-electron chi connectivity index (χ0n) is 16.1. The molecule has 0 radical (unpaired) electrons. The molecule has 1 aromatic heterocycles. The number of aryl methyl sites for hydroxylation is 2. The van der Waals surface area contributed by atoms with Crippen molar-refractivity contribution in [2.24, 2.45) is 0 Å². The summed E-state index contributed by atoms with van der Waals surface area (Å²) in [4.78, 5) is 14.8. The Hall–Kier alpha value is -2.38. The van der Waals surface area contributed by atoms with Gasteiger partial charge in [-0.2, -0.15) is 0 Å². The number of aromatic nitrogens is 1. The molecule has 0 saturated carbocycles. The summed E-state index contributed by atoms with van der Waals surface area (Å²) < 4.78 is 10.7. The second-order valence-corrected chi connectivity index (χ2v) is 6.90. The van der Waals surface area contributed by atoms with E-state index in [2.05, 4.69) is 15.4 Å². The van der Waals surface area contributed by atoms with Crippen LogP contribution >= 0.6 is 0 Å². The number of benzene rings is 1. The summed E-state index contributed by atoms with van der Waals surface area (Å²) in [5.74, 6) is 1.15. The van der Waals surface area contributed by atoms with Gasteiger partial charge in [-0.25, -0.2) is 0 Å². The van der Waals surface area contributed by atoms with Gasteiger partial charge in [-0.1, -0.05) is 17.3 Å². The van der Waals surface area contributed by atoms with E-state index in [-0.39, 0.29) is 11.9 Å². The van der Waals surface area contributed by atoms with E-state index in [4.69, 9.17) is 9.26 Å². The fourth-order valence-electron chi connectivity index (χ4n) is 3.44. The van der Waals surface area contributed by atoms with E-state index in [0.717, 1.165) is 23.6 Å². The lowest BCUT2D eigenvalue weighted by Gasteiger charge is -2.36. The molecule has 0 aliphatic carbocycles. The lowest BCUT2D eigenvalue weighted by Crippen LogP contribution is -2.53. The Kier molecular flexibility index (Phi) is 6.13. The van der Waals surface area contributed by atoms with Gasteiger partial charge in [0.2, 0.25) is 0 Å². The minimum Gasteiger partial charge on any atom is -0.493 e. The number of amides is 1. The molecule has 1 fully saturated rings. The van der Waals surface area contributed by atoms with Gasteiger partial charge >= 0.3 is 0 Å². The van der Waals surface area contributed by atoms with Crippen molar-refractivity contribution < 1.29 is 19.2 Å². The third-order valence-electron chi connectivity index (χ3n) is 4.98. The Bertz CT molecular complexity index is 770. The van der Waals surface area contributed by atoms with Crippen LogP contribution in [0.4, 0.5) is 0 Å². The van der Waals surface area contributed by atoms with Crippen LogP contribution in [-0.4, -0.2) is 52.9 Å². The van der Waals surface area contributed by atoms with Crippen molar-refractivity contribution in [3.8, 4) is 5.75 Å². The topological polar surface area (TPSA) is 87.8 Å². The van der Waals surface area contributed by atoms with Gasteiger partial charge in [-0.3, -0.25) is 9.69 Å². The van der Waals surface area contributed by atoms with Crippen molar-refractivity contribution in [1.82, 2.24) is 15.4 Å². The normalized spacial score (nSPS) is 20.4. The van der Waals surface area contributed by atoms with Gasteiger partial charge in [0, 0.05) is 25.2 Å². The zero-order chi connectivity index (χ0) is 19.4. The van der Waals surface area contributed by atoms with Gasteiger partial charge in [-0.05, 0) is 39.3 Å². The van der Waals surface area contributed by atoms with E-state index in [1.165, 1.54) is 0 Å². The highest BCUT2D eigenvalue weighted by molar-refractivity contribution is 5.97. The van der Waals surface area contributed by atoms with E-state index < -0.39 is 6.10 Å². The van der Waals surface area contributed by atoms with Gasteiger partial charge < -0.3 is 19.7 Å². The second kappa shape index (κ2) is 8.54. The minimum atomic E-state index is -0.637. The average molecular weight is 373 g/mol. The van der Waals surface area contributed by atoms with Crippen LogP contribution in [0.1, 0.15) is 40.7 Å². The Morgan fingerprint density at radius 1 is 1.41 bits per heavy atom. The molecule has 3 rings (SSSR count). The Morgan fingerprint density at radius 2 is 2.19 bits per heavy atom. The van der Waals surface area contributed by atoms with Crippen molar-refractivity contribution in [2.45, 2.75) is 45.9 Å². The first kappa shape index (κ1) is 19.4. The highest BCUT2D eigenvalue weighted by atomic mass is 16.5. The second-order valence-electron chi connectivity index (χ2n) is 6.90. The molecule has 7 nitrogen and oxygen atoms in total. The number of nitrogens with one attached hydrogen (secondary N) is 1. The van der Waals surface area contributed by atoms with Gasteiger partial charge in [0.05, 0.1) is 30.0 Å². The number of ether oxygens (including phenoxy) is 1. The molecule has 0 spiro atoms. The van der Waals surface area contributed by atoms with Crippen molar-refractivity contribution in [3.05, 3.63) is 46.8 Å². The number of hydrogen-bond donors (Lipinski definition) is 2. The molecular formula is C20H27N3O4. The van der Waals surface area contributed by atoms with E-state index in [9.17, 15) is 9.90 Å². The zero-order valence-corrected chi connectivity index (χ0v) is 16.1. The summed E-state index contributed by atoms with van der Waals surface area (Å²) in [6, 6.07) is 6.87. The number of carbonyl (C=O) groups excluding carboxylic acids is 1. The first-order valence-corrected chi connectivity index (χ1v) is 9.34. The van der Waals surface area contributed by atoms with Gasteiger partial charge in [0.1, 0.15) is 11.5 Å². The quantitative estimate of drug-likeness (QED) is 0.806. The molecule has 146 valence electrons. The standard InChI is InChI=1S/C20H27N3O4/c1-4-26-19-8-6-5-7-15(19)20(25)21-17-9-10-23(12-18(17)24)11-16-13(2)22-27-14(16)3/h5-8,17-18,24H,4,9-12H2,1-3H3,(H,21,25)/t17-,18-/m1/s1. The molecule has 1 aliphatic heterocycles. The van der Waals surface area contributed by atoms with E-state index in [1.54, 1.807) is 18.2 Å². The smallest absolute Gasteiger partial charge is 0.255 e. The molecule has 1 aromatic carbocycles. The summed E-state index contributed by atoms with van der Waals surface area (Å²) in [6.07, 6.45) is 0.0371. The van der Waals surface area contributed by atoms with Gasteiger partial charge in [-0.15, -0.1) is 0 Å². The van der Waals surface area contributed by atoms with E-state index in [1.807, 2.05) is 26.8 Å². The SMILES string of the molecule is CCOc1ccccc1C(=O)N[C@@H]1CCN(Cc2c(C)noc2C)C[C@H]1O. The molecule has 2 N–H and O–H groups in total. The number of hydrogen-bond acceptors (Lipinski definition) is 6. The highest BCUT2D eigenvalue weighted by Crippen LogP contribution is 2.21. The summed E-state index contributed by atoms with van der Waals surface area (Å²) in [6.45, 7) is 8.15. The molecule has 0 bridgehead atoms. The summed E-state index contributed by atoms with van der Waals surface area (Å²) in [5, 5.41) is 17.5. The molecule has 7 heteroatoms. The molecule has 1 amide bonds. The number of para-hydroxylation sites is 1. The number of nitrogens with zero attached hydrogens (tertiary/aromatic N) is 2. The minimum absolute atomic E-state index is 0.220. The molecule has 1 saturated heterocycles. The van der Waals surface area contributed by atoms with E-state index in [0.29, 0.717) is 37.4 Å². The number of β-amino-alcohol motifs (C(OH)–C–C–N with tert-alkyl or cyclic N) is 1. The number of aliphatic hydroxyl groups is 1. The van der Waals surface area contributed by atoms with Crippen molar-refractivity contribution in [2.75, 3.05) is 19.7 Å². The molecule has 2 heterocycles. The summed E-state index contributed by atoms with van der Waals surface area (Å²) in [5.41, 5.74) is 2.44. The first-order valence-electron chi connectivity index (χ1n) is 9.34. The van der Waals surface area contributed by atoms with Crippen LogP contribution in [0.15, 0.2) is 28.8 Å². The number of piperidine rings is 1. The lowest BCUT2D eigenvalue weighted by atomic mass is 10.00. The van der Waals surface area contributed by atoms with Crippen LogP contribution < -0.4 is 10.1 Å². The average Bonchev–Trinajstić information content (AvgIpc) is 2.96. The summed E-state index contributed by atoms with van der Waals surface area (Å²) >= 11 is 0. The molecule has 27 heavy (non-hydrogen) atoms. The predicted molar refractivity (Wildman–Crippen MR) is 101 cm³/mol. The molecule has 1 aliphatic rings. The van der Waals surface area contributed by atoms with E-state index >= 15 is 0 Å². The van der Waals surface area contributed by atoms with Gasteiger partial charge in [0.25, 0.3) is 5.91 Å². The van der Waals surface area contributed by atoms with Crippen LogP contribution in [0.3, 0.4) is 0 Å². The molecule has 2 aromatic rings. The Balaban J connectivity index is 1.60. The Labute approximate surface area is 159 Å². The van der Waals surface area contributed by atoms with Crippen LogP contribution in [0.5, 0.6) is 5.75 Å². The van der Waals surface area contributed by atoms with Crippen LogP contribution in [-0.2, 0) is 6.54 Å². The summed E-state index contributed by atoms with van der Waals surface area (Å²) in [7, 11) is 0. The number of aliphatic hydroxyl groups excluding tert-OH is 1. The van der Waals surface area contributed by atoms with Crippen LogP contribution in [0, 0.1) is 13.8 Å². The molecule has 2 atom stereocenters. The first-order chi connectivity index (χ1) is 13.0. The fraction of sp³-hybridized carbons (Fsp3) is 0.500. The number of carbonyl (C=O) groups is 1. The maximum absolute atomic E-state index is 12.6. The molecular weight excluding hydrogens is 346 g/mol. The van der Waals surface area contributed by atoms with Crippen molar-refractivity contribution >= 4 is 5.91 Å². The Morgan fingerprint density at radius 3 is 2.85 bits per heavy atom. The number of likely N-dealkylation sites (tertiary alicyclic amines) is 1. The largest absolute Gasteiger partial charge is 0.493 e. The maximum atomic E-state index is 12.6. The van der Waals surface area contributed by atoms with Crippen LogP contribution in [0.2, 0.25) is 0 Å². The van der Waals surface area contributed by atoms with Crippen molar-refractivity contribution in [1.29, 1.82) is 0 Å². The monoisotopic (exact) mass is 373 g/mol. The fourth-order valence-corrected chi connectivity index (χ4v) is 3.44. The maximum Gasteiger partial charge on any atom is 0.255 e. The highest BCUT2D eigenvalue weighted by Gasteiger charge is 2.30. The molecule has 0 unspecified atom stereocenters. The third-order valence-corrected chi connectivity index (χ3v) is 4.98. The predicted octanol–water partition coefficient (Wildman–Crippen LogP) is 2.06.